The molecule has 0 saturated heterocycles. The Labute approximate surface area is 122 Å². The van der Waals surface area contributed by atoms with E-state index in [0.717, 1.165) is 22.3 Å². The quantitative estimate of drug-likeness (QED) is 0.755. The number of fused-ring (bicyclic) bond motifs is 1. The molecule has 3 aromatic rings. The van der Waals surface area contributed by atoms with Crippen LogP contribution in [-0.2, 0) is 0 Å². The minimum absolute atomic E-state index is 0.513. The summed E-state index contributed by atoms with van der Waals surface area (Å²) in [6.45, 7) is 0. The molecule has 0 spiro atoms. The molecule has 2 aromatic carbocycles. The van der Waals surface area contributed by atoms with Crippen LogP contribution in [0.5, 0.6) is 11.6 Å². The molecule has 1 heterocycles. The van der Waals surface area contributed by atoms with Crippen LogP contribution in [0.4, 0.5) is 5.69 Å². The molecule has 3 nitrogen and oxygen atoms in total. The summed E-state index contributed by atoms with van der Waals surface area (Å²) in [6, 6.07) is 17.2. The van der Waals surface area contributed by atoms with Gasteiger partial charge in [0.1, 0.15) is 5.75 Å². The smallest absolute Gasteiger partial charge is 0.243 e. The van der Waals surface area contributed by atoms with Crippen molar-refractivity contribution in [2.24, 2.45) is 0 Å². The summed E-state index contributed by atoms with van der Waals surface area (Å²) in [5.74, 6) is 1.25. The maximum atomic E-state index is 6.19. The molecule has 0 aliphatic carbocycles. The molecule has 100 valence electrons. The second-order valence-corrected chi connectivity index (χ2v) is 4.72. The van der Waals surface area contributed by atoms with E-state index in [9.17, 15) is 0 Å². The maximum absolute atomic E-state index is 6.19. The highest BCUT2D eigenvalue weighted by Crippen LogP contribution is 2.32. The molecule has 20 heavy (non-hydrogen) atoms. The third-order valence-electron chi connectivity index (χ3n) is 2.99. The Morgan fingerprint density at radius 1 is 1.05 bits per heavy atom. The minimum atomic E-state index is 0.513. The van der Waals surface area contributed by atoms with Crippen molar-refractivity contribution in [1.82, 2.24) is 4.98 Å². The highest BCUT2D eigenvalue weighted by Gasteiger charge is 2.10. The number of halogens is 1. The number of para-hydroxylation sites is 2. The van der Waals surface area contributed by atoms with Gasteiger partial charge >= 0.3 is 0 Å². The molecule has 0 saturated carbocycles. The molecular formula is C16H13ClN2O. The lowest BCUT2D eigenvalue weighted by Crippen LogP contribution is -1.97. The van der Waals surface area contributed by atoms with Gasteiger partial charge in [0.25, 0.3) is 0 Å². The number of anilines is 1. The first-order valence-electron chi connectivity index (χ1n) is 6.28. The van der Waals surface area contributed by atoms with Gasteiger partial charge in [0.2, 0.25) is 5.88 Å². The first-order valence-corrected chi connectivity index (χ1v) is 6.65. The summed E-state index contributed by atoms with van der Waals surface area (Å²) in [5.41, 5.74) is 1.56. The average molecular weight is 285 g/mol. The molecular weight excluding hydrogens is 272 g/mol. The Bertz CT molecular complexity index is 744. The van der Waals surface area contributed by atoms with Gasteiger partial charge in [-0.05, 0) is 24.3 Å². The molecule has 0 unspecified atom stereocenters. The van der Waals surface area contributed by atoms with Crippen molar-refractivity contribution >= 4 is 28.2 Å². The average Bonchev–Trinajstić information content (AvgIpc) is 2.48. The van der Waals surface area contributed by atoms with E-state index in [-0.39, 0.29) is 0 Å². The van der Waals surface area contributed by atoms with Crippen LogP contribution in [-0.4, -0.2) is 12.0 Å². The topological polar surface area (TPSA) is 34.2 Å². The number of nitrogens with one attached hydrogen (secondary N) is 1. The molecule has 0 aliphatic rings. The van der Waals surface area contributed by atoms with Crippen LogP contribution >= 0.6 is 11.6 Å². The van der Waals surface area contributed by atoms with E-state index in [1.807, 2.05) is 61.6 Å². The van der Waals surface area contributed by atoms with E-state index in [1.165, 1.54) is 0 Å². The Kier molecular flexibility index (Phi) is 3.44. The predicted molar refractivity (Wildman–Crippen MR) is 82.8 cm³/mol. The zero-order valence-corrected chi connectivity index (χ0v) is 11.7. The van der Waals surface area contributed by atoms with E-state index in [1.54, 1.807) is 0 Å². The molecule has 1 aromatic heterocycles. The summed E-state index contributed by atoms with van der Waals surface area (Å²) >= 11 is 6.19. The van der Waals surface area contributed by atoms with Gasteiger partial charge in [-0.3, -0.25) is 0 Å². The van der Waals surface area contributed by atoms with Crippen molar-refractivity contribution in [3.8, 4) is 11.6 Å². The lowest BCUT2D eigenvalue weighted by atomic mass is 10.2. The van der Waals surface area contributed by atoms with Crippen LogP contribution in [0.1, 0.15) is 0 Å². The largest absolute Gasteiger partial charge is 0.437 e. The van der Waals surface area contributed by atoms with Crippen molar-refractivity contribution in [3.05, 3.63) is 59.6 Å². The fourth-order valence-corrected chi connectivity index (χ4v) is 2.23. The summed E-state index contributed by atoms with van der Waals surface area (Å²) in [5, 5.41) is 4.69. The number of pyridine rings is 1. The lowest BCUT2D eigenvalue weighted by molar-refractivity contribution is 0.467. The highest BCUT2D eigenvalue weighted by molar-refractivity contribution is 6.35. The van der Waals surface area contributed by atoms with Gasteiger partial charge in [0.15, 0.2) is 0 Å². The van der Waals surface area contributed by atoms with Crippen LogP contribution < -0.4 is 10.1 Å². The zero-order chi connectivity index (χ0) is 13.9. The van der Waals surface area contributed by atoms with Crippen molar-refractivity contribution in [1.29, 1.82) is 0 Å². The lowest BCUT2D eigenvalue weighted by Gasteiger charge is -2.11. The van der Waals surface area contributed by atoms with Crippen LogP contribution in [0.15, 0.2) is 54.6 Å². The number of aromatic nitrogens is 1. The van der Waals surface area contributed by atoms with Crippen molar-refractivity contribution in [3.63, 3.8) is 0 Å². The molecule has 0 fully saturated rings. The van der Waals surface area contributed by atoms with E-state index < -0.39 is 0 Å². The van der Waals surface area contributed by atoms with Crippen molar-refractivity contribution in [2.45, 2.75) is 0 Å². The Morgan fingerprint density at radius 2 is 1.85 bits per heavy atom. The number of hydrogen-bond acceptors (Lipinski definition) is 3. The van der Waals surface area contributed by atoms with E-state index >= 15 is 0 Å². The second-order valence-electron chi connectivity index (χ2n) is 4.32. The number of nitrogens with zero attached hydrogens (tertiary/aromatic N) is 1. The van der Waals surface area contributed by atoms with Gasteiger partial charge in [0.05, 0.1) is 16.2 Å². The monoisotopic (exact) mass is 284 g/mol. The fraction of sp³-hybridized carbons (Fsp3) is 0.0625. The van der Waals surface area contributed by atoms with Gasteiger partial charge in [-0.25, -0.2) is 4.98 Å². The number of rotatable bonds is 3. The first kappa shape index (κ1) is 12.8. The zero-order valence-electron chi connectivity index (χ0n) is 10.9. The minimum Gasteiger partial charge on any atom is -0.437 e. The number of hydrogen-bond donors (Lipinski definition) is 1. The van der Waals surface area contributed by atoms with Gasteiger partial charge in [-0.1, -0.05) is 41.9 Å². The second kappa shape index (κ2) is 5.39. The summed E-state index contributed by atoms with van der Waals surface area (Å²) in [7, 11) is 1.84. The Balaban J connectivity index is 2.11. The van der Waals surface area contributed by atoms with Crippen molar-refractivity contribution < 1.29 is 4.74 Å². The summed E-state index contributed by atoms with van der Waals surface area (Å²) in [4.78, 5) is 4.52. The third-order valence-corrected chi connectivity index (χ3v) is 3.29. The van der Waals surface area contributed by atoms with E-state index in [0.29, 0.717) is 10.9 Å². The van der Waals surface area contributed by atoms with Gasteiger partial charge < -0.3 is 10.1 Å². The van der Waals surface area contributed by atoms with Crippen LogP contribution in [0.2, 0.25) is 5.02 Å². The Morgan fingerprint density at radius 3 is 2.60 bits per heavy atom. The normalized spacial score (nSPS) is 10.5. The van der Waals surface area contributed by atoms with Crippen LogP contribution in [0.25, 0.3) is 10.9 Å². The molecule has 0 bridgehead atoms. The van der Waals surface area contributed by atoms with Gasteiger partial charge in [0, 0.05) is 12.4 Å². The molecule has 0 aliphatic heterocycles. The van der Waals surface area contributed by atoms with Crippen LogP contribution in [0.3, 0.4) is 0 Å². The molecule has 3 rings (SSSR count). The molecule has 0 atom stereocenters. The van der Waals surface area contributed by atoms with Crippen molar-refractivity contribution in [2.75, 3.05) is 12.4 Å². The molecule has 0 amide bonds. The predicted octanol–water partition coefficient (Wildman–Crippen LogP) is 4.72. The third kappa shape index (κ3) is 2.40. The molecule has 0 radical (unpaired) electrons. The fourth-order valence-electron chi connectivity index (χ4n) is 2.00. The highest BCUT2D eigenvalue weighted by atomic mass is 35.5. The number of benzene rings is 2. The first-order chi connectivity index (χ1) is 9.78. The van der Waals surface area contributed by atoms with E-state index in [2.05, 4.69) is 10.3 Å². The SMILES string of the molecule is CNc1cc2cccc(Cl)c2nc1Oc1ccccc1. The standard InChI is InChI=1S/C16H13ClN2O/c1-18-14-10-11-6-5-9-13(17)15(11)19-16(14)20-12-7-3-2-4-8-12/h2-10,18H,1H3. The Hall–Kier alpha value is -2.26. The summed E-state index contributed by atoms with van der Waals surface area (Å²) in [6.07, 6.45) is 0. The number of ether oxygens (including phenoxy) is 1. The van der Waals surface area contributed by atoms with Gasteiger partial charge in [-0.2, -0.15) is 0 Å². The summed E-state index contributed by atoms with van der Waals surface area (Å²) < 4.78 is 5.83. The van der Waals surface area contributed by atoms with E-state index in [4.69, 9.17) is 16.3 Å². The maximum Gasteiger partial charge on any atom is 0.243 e. The molecule has 1 N–H and O–H groups in total. The molecule has 4 heteroatoms. The van der Waals surface area contributed by atoms with Gasteiger partial charge in [-0.15, -0.1) is 0 Å². The van der Waals surface area contributed by atoms with Crippen LogP contribution in [0, 0.1) is 0 Å².